The van der Waals surface area contributed by atoms with Crippen LogP contribution in [0.15, 0.2) is 24.3 Å². The summed E-state index contributed by atoms with van der Waals surface area (Å²) in [7, 11) is 1.51. The third-order valence-corrected chi connectivity index (χ3v) is 1.78. The number of rotatable bonds is 3. The first-order valence-electron chi connectivity index (χ1n) is 4.29. The molecule has 15 heavy (non-hydrogen) atoms. The smallest absolute Gasteiger partial charge is 0.493 e. The Labute approximate surface area is 102 Å². The quantitative estimate of drug-likeness (QED) is 0.371. The summed E-state index contributed by atoms with van der Waals surface area (Å²) in [5, 5.41) is 0. The number of halogens is 1. The Morgan fingerprint density at radius 2 is 1.93 bits per heavy atom. The molecule has 0 fully saturated rings. The number of hydrogen-bond donors (Lipinski definition) is 0. The lowest BCUT2D eigenvalue weighted by molar-refractivity contribution is 0.0977. The maximum atomic E-state index is 11.2. The van der Waals surface area contributed by atoms with Crippen LogP contribution in [0.5, 0.6) is 11.5 Å². The molecule has 0 saturated carbocycles. The molecule has 0 aromatic heterocycles. The van der Waals surface area contributed by atoms with Crippen molar-refractivity contribution in [1.82, 2.24) is 0 Å². The maximum absolute atomic E-state index is 11.2. The van der Waals surface area contributed by atoms with Crippen LogP contribution in [0.25, 0.3) is 0 Å². The number of carbonyl (C=O) groups excluding carboxylic acids is 1. The van der Waals surface area contributed by atoms with Crippen LogP contribution in [-0.2, 0) is 4.74 Å². The van der Waals surface area contributed by atoms with Gasteiger partial charge < -0.3 is 14.2 Å². The molecule has 1 rings (SSSR count). The van der Waals surface area contributed by atoms with E-state index in [9.17, 15) is 4.79 Å². The number of para-hydroxylation sites is 2. The van der Waals surface area contributed by atoms with Crippen molar-refractivity contribution < 1.29 is 19.0 Å². The number of alkyl halides is 1. The highest BCUT2D eigenvalue weighted by Crippen LogP contribution is 2.26. The SMILES string of the molecule is COc1ccccc1OC(=O)OC(C)I. The molecule has 0 spiro atoms. The van der Waals surface area contributed by atoms with Gasteiger partial charge in [0.05, 0.1) is 7.11 Å². The molecule has 0 bridgehead atoms. The van der Waals surface area contributed by atoms with Gasteiger partial charge in [-0.25, -0.2) is 4.79 Å². The number of methoxy groups -OCH3 is 1. The van der Waals surface area contributed by atoms with Crippen LogP contribution in [0.2, 0.25) is 0 Å². The Kier molecular flexibility index (Phi) is 4.67. The van der Waals surface area contributed by atoms with Crippen LogP contribution in [0.1, 0.15) is 6.92 Å². The average Bonchev–Trinajstić information content (AvgIpc) is 2.17. The second kappa shape index (κ2) is 5.79. The van der Waals surface area contributed by atoms with E-state index >= 15 is 0 Å². The average molecular weight is 322 g/mol. The summed E-state index contributed by atoms with van der Waals surface area (Å²) < 4.78 is 14.6. The minimum Gasteiger partial charge on any atom is -0.493 e. The third kappa shape index (κ3) is 3.94. The predicted molar refractivity (Wildman–Crippen MR) is 63.6 cm³/mol. The first-order chi connectivity index (χ1) is 7.13. The lowest BCUT2D eigenvalue weighted by Crippen LogP contribution is -2.14. The predicted octanol–water partition coefficient (Wildman–Crippen LogP) is 2.99. The molecular weight excluding hydrogens is 311 g/mol. The molecule has 1 aromatic carbocycles. The number of hydrogen-bond acceptors (Lipinski definition) is 4. The van der Waals surface area contributed by atoms with Gasteiger partial charge in [0.15, 0.2) is 15.6 Å². The van der Waals surface area contributed by atoms with Gasteiger partial charge in [0.2, 0.25) is 0 Å². The van der Waals surface area contributed by atoms with Gasteiger partial charge in [0.1, 0.15) is 0 Å². The van der Waals surface area contributed by atoms with Gasteiger partial charge in [0.25, 0.3) is 0 Å². The van der Waals surface area contributed by atoms with Crippen molar-refractivity contribution in [3.05, 3.63) is 24.3 Å². The van der Waals surface area contributed by atoms with E-state index in [1.165, 1.54) is 7.11 Å². The van der Waals surface area contributed by atoms with Crippen molar-refractivity contribution in [2.45, 2.75) is 11.0 Å². The van der Waals surface area contributed by atoms with Crippen LogP contribution in [0.3, 0.4) is 0 Å². The molecule has 4 nitrogen and oxygen atoms in total. The zero-order valence-electron chi connectivity index (χ0n) is 8.40. The molecule has 0 heterocycles. The molecule has 0 radical (unpaired) electrons. The van der Waals surface area contributed by atoms with Gasteiger partial charge in [-0.3, -0.25) is 0 Å². The Morgan fingerprint density at radius 3 is 2.47 bits per heavy atom. The summed E-state index contributed by atoms with van der Waals surface area (Å²) in [5.74, 6) is 0.845. The Morgan fingerprint density at radius 1 is 1.33 bits per heavy atom. The van der Waals surface area contributed by atoms with Gasteiger partial charge in [0, 0.05) is 0 Å². The molecular formula is C10H11IO4. The van der Waals surface area contributed by atoms with Crippen LogP contribution < -0.4 is 9.47 Å². The summed E-state index contributed by atoms with van der Waals surface area (Å²) in [5.41, 5.74) is 0. The van der Waals surface area contributed by atoms with E-state index in [0.29, 0.717) is 11.5 Å². The van der Waals surface area contributed by atoms with E-state index in [0.717, 1.165) is 0 Å². The van der Waals surface area contributed by atoms with Crippen molar-refractivity contribution in [3.8, 4) is 11.5 Å². The highest BCUT2D eigenvalue weighted by atomic mass is 127. The van der Waals surface area contributed by atoms with Crippen LogP contribution in [0.4, 0.5) is 4.79 Å². The summed E-state index contributed by atoms with van der Waals surface area (Å²) in [6, 6.07) is 6.88. The summed E-state index contributed by atoms with van der Waals surface area (Å²) >= 11 is 1.96. The fourth-order valence-corrected chi connectivity index (χ4v) is 1.16. The van der Waals surface area contributed by atoms with E-state index in [4.69, 9.17) is 14.2 Å². The first kappa shape index (κ1) is 12.1. The zero-order valence-corrected chi connectivity index (χ0v) is 10.6. The van der Waals surface area contributed by atoms with Gasteiger partial charge >= 0.3 is 6.16 Å². The van der Waals surface area contributed by atoms with Crippen molar-refractivity contribution in [2.24, 2.45) is 0 Å². The summed E-state index contributed by atoms with van der Waals surface area (Å²) in [4.78, 5) is 11.2. The number of ether oxygens (including phenoxy) is 3. The van der Waals surface area contributed by atoms with Crippen LogP contribution in [-0.4, -0.2) is 17.4 Å². The van der Waals surface area contributed by atoms with Crippen molar-refractivity contribution in [1.29, 1.82) is 0 Å². The minimum atomic E-state index is -0.735. The van der Waals surface area contributed by atoms with E-state index < -0.39 is 6.16 Å². The summed E-state index contributed by atoms with van der Waals surface area (Å²) in [6.45, 7) is 1.74. The van der Waals surface area contributed by atoms with Crippen molar-refractivity contribution >= 4 is 28.7 Å². The monoisotopic (exact) mass is 322 g/mol. The normalized spacial score (nSPS) is 11.7. The summed E-state index contributed by atoms with van der Waals surface area (Å²) in [6.07, 6.45) is -0.735. The molecule has 0 aliphatic rings. The molecule has 5 heteroatoms. The standard InChI is InChI=1S/C10H11IO4/c1-7(11)14-10(12)15-9-6-4-3-5-8(9)13-2/h3-7H,1-2H3. The molecule has 0 saturated heterocycles. The van der Waals surface area contributed by atoms with Gasteiger partial charge in [-0.1, -0.05) is 12.1 Å². The largest absolute Gasteiger partial charge is 0.515 e. The maximum Gasteiger partial charge on any atom is 0.515 e. The Hall–Kier alpha value is -0.980. The minimum absolute atomic E-state index is 0.232. The lowest BCUT2D eigenvalue weighted by Gasteiger charge is -2.09. The molecule has 0 aliphatic carbocycles. The van der Waals surface area contributed by atoms with Crippen molar-refractivity contribution in [2.75, 3.05) is 7.11 Å². The topological polar surface area (TPSA) is 44.8 Å². The second-order valence-corrected chi connectivity index (χ2v) is 4.42. The van der Waals surface area contributed by atoms with Crippen molar-refractivity contribution in [3.63, 3.8) is 0 Å². The Balaban J connectivity index is 2.67. The van der Waals surface area contributed by atoms with E-state index in [1.807, 2.05) is 22.6 Å². The highest BCUT2D eigenvalue weighted by Gasteiger charge is 2.11. The van der Waals surface area contributed by atoms with Gasteiger partial charge in [-0.05, 0) is 41.6 Å². The number of benzene rings is 1. The molecule has 1 atom stereocenters. The van der Waals surface area contributed by atoms with E-state index in [1.54, 1.807) is 31.2 Å². The molecule has 1 aromatic rings. The van der Waals surface area contributed by atoms with Crippen LogP contribution in [0, 0.1) is 0 Å². The molecule has 0 amide bonds. The number of carbonyl (C=O) groups is 1. The van der Waals surface area contributed by atoms with Gasteiger partial charge in [-0.2, -0.15) is 0 Å². The zero-order chi connectivity index (χ0) is 11.3. The highest BCUT2D eigenvalue weighted by molar-refractivity contribution is 14.1. The van der Waals surface area contributed by atoms with Crippen LogP contribution >= 0.6 is 22.6 Å². The molecule has 0 aliphatic heterocycles. The molecule has 1 unspecified atom stereocenters. The third-order valence-electron chi connectivity index (χ3n) is 1.52. The van der Waals surface area contributed by atoms with E-state index in [2.05, 4.69) is 0 Å². The van der Waals surface area contributed by atoms with E-state index in [-0.39, 0.29) is 4.11 Å². The fraction of sp³-hybridized carbons (Fsp3) is 0.300. The van der Waals surface area contributed by atoms with Gasteiger partial charge in [-0.15, -0.1) is 0 Å². The first-order valence-corrected chi connectivity index (χ1v) is 5.53. The second-order valence-electron chi connectivity index (χ2n) is 2.66. The Bertz CT molecular complexity index is 338. The molecule has 0 N–H and O–H groups in total. The molecule has 82 valence electrons. The fourth-order valence-electron chi connectivity index (χ4n) is 0.950. The lowest BCUT2D eigenvalue weighted by atomic mass is 10.3.